The zero-order chi connectivity index (χ0) is 11.8. The van der Waals surface area contributed by atoms with Crippen LogP contribution in [0.2, 0.25) is 0 Å². The Morgan fingerprint density at radius 3 is 2.88 bits per heavy atom. The molecule has 0 bridgehead atoms. The van der Waals surface area contributed by atoms with E-state index < -0.39 is 0 Å². The van der Waals surface area contributed by atoms with Crippen LogP contribution in [-0.2, 0) is 0 Å². The van der Waals surface area contributed by atoms with Gasteiger partial charge in [0.25, 0.3) is 0 Å². The maximum atomic E-state index is 6.09. The quantitative estimate of drug-likeness (QED) is 0.904. The number of nitrogens with two attached hydrogens (primary N) is 1. The van der Waals surface area contributed by atoms with Gasteiger partial charge >= 0.3 is 0 Å². The summed E-state index contributed by atoms with van der Waals surface area (Å²) < 4.78 is 5.88. The maximum Gasteiger partial charge on any atom is 0.232 e. The summed E-state index contributed by atoms with van der Waals surface area (Å²) in [6, 6.07) is 0. The van der Waals surface area contributed by atoms with Gasteiger partial charge in [0.2, 0.25) is 11.8 Å². The second kappa shape index (κ2) is 4.18. The molecule has 0 spiro atoms. The predicted molar refractivity (Wildman–Crippen MR) is 65.7 cm³/mol. The molecule has 1 fully saturated rings. The van der Waals surface area contributed by atoms with Crippen molar-refractivity contribution in [1.82, 2.24) is 9.97 Å². The summed E-state index contributed by atoms with van der Waals surface area (Å²) in [5.41, 5.74) is 6.01. The molecule has 2 heterocycles. The molecule has 2 rings (SSSR count). The number of hydrogen-bond donors (Lipinski definition) is 1. The lowest BCUT2D eigenvalue weighted by molar-refractivity contribution is 0.315. The van der Waals surface area contributed by atoms with Crippen LogP contribution in [0.1, 0.15) is 13.3 Å². The third-order valence-electron chi connectivity index (χ3n) is 2.89. The van der Waals surface area contributed by atoms with Gasteiger partial charge in [0, 0.05) is 13.1 Å². The molecule has 5 nitrogen and oxygen atoms in total. The second-order valence-electron chi connectivity index (χ2n) is 4.10. The first-order valence-corrected chi connectivity index (χ1v) is 5.97. The van der Waals surface area contributed by atoms with Crippen LogP contribution in [0, 0.1) is 0 Å². The van der Waals surface area contributed by atoms with Crippen LogP contribution in [-0.4, -0.2) is 35.7 Å². The first-order valence-electron chi connectivity index (χ1n) is 5.18. The Bertz CT molecular complexity index is 392. The summed E-state index contributed by atoms with van der Waals surface area (Å²) in [5, 5.41) is 0. The fourth-order valence-electron chi connectivity index (χ4n) is 1.72. The van der Waals surface area contributed by atoms with Crippen LogP contribution >= 0.6 is 15.9 Å². The Hall–Kier alpha value is -0.880. The van der Waals surface area contributed by atoms with Crippen molar-refractivity contribution in [3.63, 3.8) is 0 Å². The lowest BCUT2D eigenvalue weighted by Gasteiger charge is -2.47. The molecule has 1 aromatic rings. The molecule has 0 aromatic carbocycles. The first-order chi connectivity index (χ1) is 7.58. The summed E-state index contributed by atoms with van der Waals surface area (Å²) >= 11 is 3.32. The van der Waals surface area contributed by atoms with Crippen molar-refractivity contribution < 1.29 is 4.74 Å². The standard InChI is InChI=1S/C10H15BrN4O/c1-3-10(12)5-15(6-10)9-13-4-7(11)8(14-9)16-2/h4H,3,5-6,12H2,1-2H3. The minimum Gasteiger partial charge on any atom is -0.480 e. The molecule has 0 saturated carbocycles. The van der Waals surface area contributed by atoms with Crippen molar-refractivity contribution in [2.75, 3.05) is 25.1 Å². The van der Waals surface area contributed by atoms with Gasteiger partial charge in [-0.25, -0.2) is 4.98 Å². The molecule has 2 N–H and O–H groups in total. The number of nitrogens with zero attached hydrogens (tertiary/aromatic N) is 3. The molecule has 6 heteroatoms. The summed E-state index contributed by atoms with van der Waals surface area (Å²) in [4.78, 5) is 10.6. The molecule has 0 unspecified atom stereocenters. The summed E-state index contributed by atoms with van der Waals surface area (Å²) in [7, 11) is 1.59. The second-order valence-corrected chi connectivity index (χ2v) is 4.95. The highest BCUT2D eigenvalue weighted by atomic mass is 79.9. The largest absolute Gasteiger partial charge is 0.480 e. The van der Waals surface area contributed by atoms with Crippen LogP contribution in [0.3, 0.4) is 0 Å². The van der Waals surface area contributed by atoms with E-state index >= 15 is 0 Å². The van der Waals surface area contributed by atoms with Crippen LogP contribution in [0.4, 0.5) is 5.95 Å². The van der Waals surface area contributed by atoms with E-state index in [9.17, 15) is 0 Å². The van der Waals surface area contributed by atoms with Gasteiger partial charge < -0.3 is 15.4 Å². The van der Waals surface area contributed by atoms with E-state index in [1.165, 1.54) is 0 Å². The van der Waals surface area contributed by atoms with Crippen LogP contribution in [0.5, 0.6) is 5.88 Å². The van der Waals surface area contributed by atoms with Crippen molar-refractivity contribution in [2.45, 2.75) is 18.9 Å². The third kappa shape index (κ3) is 1.99. The number of aromatic nitrogens is 2. The molecule has 0 aliphatic carbocycles. The van der Waals surface area contributed by atoms with Gasteiger partial charge in [-0.15, -0.1) is 0 Å². The van der Waals surface area contributed by atoms with E-state index in [0.29, 0.717) is 11.8 Å². The van der Waals surface area contributed by atoms with E-state index in [4.69, 9.17) is 10.5 Å². The number of hydrogen-bond acceptors (Lipinski definition) is 5. The topological polar surface area (TPSA) is 64.3 Å². The molecule has 1 aliphatic rings. The zero-order valence-electron chi connectivity index (χ0n) is 9.40. The SMILES string of the molecule is CCC1(N)CN(c2ncc(Br)c(OC)n2)C1. The number of halogens is 1. The third-order valence-corrected chi connectivity index (χ3v) is 3.43. The fraction of sp³-hybridized carbons (Fsp3) is 0.600. The number of anilines is 1. The van der Waals surface area contributed by atoms with E-state index in [-0.39, 0.29) is 5.54 Å². The van der Waals surface area contributed by atoms with Crippen LogP contribution in [0.15, 0.2) is 10.7 Å². The monoisotopic (exact) mass is 286 g/mol. The summed E-state index contributed by atoms with van der Waals surface area (Å²) in [6.07, 6.45) is 2.67. The summed E-state index contributed by atoms with van der Waals surface area (Å²) in [6.45, 7) is 3.70. The molecule has 0 amide bonds. The Balaban J connectivity index is 2.12. The van der Waals surface area contributed by atoms with Crippen molar-refractivity contribution in [1.29, 1.82) is 0 Å². The molecule has 1 saturated heterocycles. The van der Waals surface area contributed by atoms with Gasteiger partial charge in [-0.3, -0.25) is 0 Å². The number of ether oxygens (including phenoxy) is 1. The van der Waals surface area contributed by atoms with Crippen molar-refractivity contribution in [3.8, 4) is 5.88 Å². The average molecular weight is 287 g/mol. The number of methoxy groups -OCH3 is 1. The maximum absolute atomic E-state index is 6.09. The first kappa shape index (κ1) is 11.6. The Labute approximate surface area is 103 Å². The molecule has 88 valence electrons. The Morgan fingerprint density at radius 1 is 1.62 bits per heavy atom. The molecule has 0 atom stereocenters. The highest BCUT2D eigenvalue weighted by Crippen LogP contribution is 2.29. The van der Waals surface area contributed by atoms with E-state index in [1.807, 2.05) is 0 Å². The van der Waals surface area contributed by atoms with Gasteiger partial charge in [-0.05, 0) is 22.4 Å². The van der Waals surface area contributed by atoms with E-state index in [0.717, 1.165) is 24.0 Å². The lowest BCUT2D eigenvalue weighted by atomic mass is 9.89. The van der Waals surface area contributed by atoms with E-state index in [1.54, 1.807) is 13.3 Å². The Kier molecular flexibility index (Phi) is 3.03. The van der Waals surface area contributed by atoms with Crippen LogP contribution < -0.4 is 15.4 Å². The summed E-state index contributed by atoms with van der Waals surface area (Å²) in [5.74, 6) is 1.23. The minimum absolute atomic E-state index is 0.0797. The van der Waals surface area contributed by atoms with Gasteiger partial charge in [0.05, 0.1) is 23.3 Å². The van der Waals surface area contributed by atoms with Gasteiger partial charge in [-0.1, -0.05) is 6.92 Å². The normalized spacial score (nSPS) is 18.1. The van der Waals surface area contributed by atoms with Crippen molar-refractivity contribution in [3.05, 3.63) is 10.7 Å². The highest BCUT2D eigenvalue weighted by molar-refractivity contribution is 9.10. The van der Waals surface area contributed by atoms with Gasteiger partial charge in [-0.2, -0.15) is 4.98 Å². The molecule has 1 aliphatic heterocycles. The predicted octanol–water partition coefficient (Wildman–Crippen LogP) is 1.18. The van der Waals surface area contributed by atoms with Crippen LogP contribution in [0.25, 0.3) is 0 Å². The molecule has 0 radical (unpaired) electrons. The van der Waals surface area contributed by atoms with E-state index in [2.05, 4.69) is 37.7 Å². The fourth-order valence-corrected chi connectivity index (χ4v) is 2.07. The van der Waals surface area contributed by atoms with Crippen molar-refractivity contribution >= 4 is 21.9 Å². The average Bonchev–Trinajstić information content (AvgIpc) is 2.26. The number of rotatable bonds is 3. The zero-order valence-corrected chi connectivity index (χ0v) is 11.0. The van der Waals surface area contributed by atoms with Crippen molar-refractivity contribution in [2.24, 2.45) is 5.73 Å². The molecule has 16 heavy (non-hydrogen) atoms. The van der Waals surface area contributed by atoms with Gasteiger partial charge in [0.1, 0.15) is 0 Å². The molecular weight excluding hydrogens is 272 g/mol. The smallest absolute Gasteiger partial charge is 0.232 e. The highest BCUT2D eigenvalue weighted by Gasteiger charge is 2.39. The minimum atomic E-state index is -0.0797. The molecule has 1 aromatic heterocycles. The van der Waals surface area contributed by atoms with Gasteiger partial charge in [0.15, 0.2) is 0 Å². The lowest BCUT2D eigenvalue weighted by Crippen LogP contribution is -2.67. The Morgan fingerprint density at radius 2 is 2.31 bits per heavy atom. The molecular formula is C10H15BrN4O.